The van der Waals surface area contributed by atoms with Crippen LogP contribution in [-0.2, 0) is 13.0 Å². The lowest BCUT2D eigenvalue weighted by atomic mass is 10.1. The third-order valence-corrected chi connectivity index (χ3v) is 2.10. The zero-order valence-corrected chi connectivity index (χ0v) is 7.03. The van der Waals surface area contributed by atoms with E-state index in [4.69, 9.17) is 4.74 Å². The molecule has 0 radical (unpaired) electrons. The van der Waals surface area contributed by atoms with E-state index in [2.05, 4.69) is 0 Å². The van der Waals surface area contributed by atoms with Crippen LogP contribution in [0.25, 0.3) is 0 Å². The van der Waals surface area contributed by atoms with Crippen LogP contribution in [0.4, 0.5) is 0 Å². The SMILES string of the molecule is O=[N+]([O-])Cc1cccc2c1OCC2. The third-order valence-electron chi connectivity index (χ3n) is 2.10. The molecule has 0 fully saturated rings. The van der Waals surface area contributed by atoms with Gasteiger partial charge in [-0.2, -0.15) is 0 Å². The average molecular weight is 179 g/mol. The van der Waals surface area contributed by atoms with E-state index in [1.54, 1.807) is 6.07 Å². The van der Waals surface area contributed by atoms with Crippen LogP contribution >= 0.6 is 0 Å². The second-order valence-electron chi connectivity index (χ2n) is 2.99. The van der Waals surface area contributed by atoms with Crippen molar-refractivity contribution >= 4 is 0 Å². The monoisotopic (exact) mass is 179 g/mol. The van der Waals surface area contributed by atoms with Gasteiger partial charge in [0.2, 0.25) is 6.54 Å². The first-order chi connectivity index (χ1) is 6.27. The number of hydrogen-bond acceptors (Lipinski definition) is 3. The Morgan fingerprint density at radius 3 is 3.15 bits per heavy atom. The molecule has 1 heterocycles. The largest absolute Gasteiger partial charge is 0.492 e. The molecule has 0 bridgehead atoms. The summed E-state index contributed by atoms with van der Waals surface area (Å²) in [5.41, 5.74) is 1.76. The molecule has 0 aliphatic carbocycles. The Labute approximate surface area is 75.3 Å². The molecule has 0 amide bonds. The van der Waals surface area contributed by atoms with Crippen molar-refractivity contribution in [3.63, 3.8) is 0 Å². The van der Waals surface area contributed by atoms with Gasteiger partial charge in [-0.05, 0) is 11.6 Å². The molecule has 1 aromatic carbocycles. The fourth-order valence-electron chi connectivity index (χ4n) is 1.55. The van der Waals surface area contributed by atoms with Gasteiger partial charge in [0, 0.05) is 11.3 Å². The molecule has 0 aromatic heterocycles. The van der Waals surface area contributed by atoms with E-state index in [1.807, 2.05) is 12.1 Å². The van der Waals surface area contributed by atoms with Crippen molar-refractivity contribution in [1.29, 1.82) is 0 Å². The molecule has 1 aliphatic heterocycles. The maximum Gasteiger partial charge on any atom is 0.232 e. The summed E-state index contributed by atoms with van der Waals surface area (Å²) in [6.07, 6.45) is 0.862. The van der Waals surface area contributed by atoms with Gasteiger partial charge in [-0.15, -0.1) is 0 Å². The fourth-order valence-corrected chi connectivity index (χ4v) is 1.55. The van der Waals surface area contributed by atoms with Gasteiger partial charge in [0.05, 0.1) is 12.2 Å². The third kappa shape index (κ3) is 1.47. The molecule has 0 N–H and O–H groups in total. The van der Waals surface area contributed by atoms with Gasteiger partial charge in [0.15, 0.2) is 0 Å². The van der Waals surface area contributed by atoms with Gasteiger partial charge in [-0.3, -0.25) is 10.1 Å². The van der Waals surface area contributed by atoms with E-state index in [9.17, 15) is 10.1 Å². The minimum atomic E-state index is -0.336. The molecule has 0 atom stereocenters. The molecule has 0 unspecified atom stereocenters. The van der Waals surface area contributed by atoms with Crippen molar-refractivity contribution in [2.75, 3.05) is 6.61 Å². The average Bonchev–Trinajstić information content (AvgIpc) is 2.51. The van der Waals surface area contributed by atoms with Crippen LogP contribution in [0.15, 0.2) is 18.2 Å². The number of benzene rings is 1. The predicted octanol–water partition coefficient (Wildman–Crippen LogP) is 1.40. The summed E-state index contributed by atoms with van der Waals surface area (Å²) in [7, 11) is 0. The van der Waals surface area contributed by atoms with Crippen LogP contribution in [0.1, 0.15) is 11.1 Å². The van der Waals surface area contributed by atoms with Gasteiger partial charge in [-0.1, -0.05) is 12.1 Å². The van der Waals surface area contributed by atoms with Crippen molar-refractivity contribution in [3.05, 3.63) is 39.4 Å². The Kier molecular flexibility index (Phi) is 1.88. The summed E-state index contributed by atoms with van der Waals surface area (Å²) in [4.78, 5) is 9.98. The molecule has 1 aromatic rings. The minimum Gasteiger partial charge on any atom is -0.492 e. The fraction of sp³-hybridized carbons (Fsp3) is 0.333. The zero-order valence-electron chi connectivity index (χ0n) is 7.03. The number of fused-ring (bicyclic) bond motifs is 1. The summed E-state index contributed by atoms with van der Waals surface area (Å²) in [5.74, 6) is 0.721. The number of rotatable bonds is 2. The lowest BCUT2D eigenvalue weighted by Gasteiger charge is -2.02. The summed E-state index contributed by atoms with van der Waals surface area (Å²) in [6.45, 7) is 0.493. The molecular formula is C9H9NO3. The second kappa shape index (κ2) is 3.05. The van der Waals surface area contributed by atoms with E-state index in [0.717, 1.165) is 17.7 Å². The van der Waals surface area contributed by atoms with Crippen LogP contribution in [-0.4, -0.2) is 11.5 Å². The summed E-state index contributed by atoms with van der Waals surface area (Å²) in [5, 5.41) is 10.3. The number of hydrogen-bond donors (Lipinski definition) is 0. The van der Waals surface area contributed by atoms with Gasteiger partial charge in [0.25, 0.3) is 0 Å². The number of ether oxygens (including phenoxy) is 1. The smallest absolute Gasteiger partial charge is 0.232 e. The Morgan fingerprint density at radius 2 is 2.38 bits per heavy atom. The first kappa shape index (κ1) is 8.04. The van der Waals surface area contributed by atoms with Crippen molar-refractivity contribution in [2.24, 2.45) is 0 Å². The van der Waals surface area contributed by atoms with E-state index >= 15 is 0 Å². The van der Waals surface area contributed by atoms with Crippen molar-refractivity contribution < 1.29 is 9.66 Å². The molecule has 4 nitrogen and oxygen atoms in total. The Hall–Kier alpha value is -1.58. The van der Waals surface area contributed by atoms with E-state index in [0.29, 0.717) is 12.2 Å². The Morgan fingerprint density at radius 1 is 1.54 bits per heavy atom. The predicted molar refractivity (Wildman–Crippen MR) is 46.3 cm³/mol. The minimum absolute atomic E-state index is 0.150. The van der Waals surface area contributed by atoms with Crippen LogP contribution in [0, 0.1) is 10.1 Å². The van der Waals surface area contributed by atoms with Crippen LogP contribution < -0.4 is 4.74 Å². The molecular weight excluding hydrogens is 170 g/mol. The van der Waals surface area contributed by atoms with E-state index in [1.165, 1.54) is 0 Å². The summed E-state index contributed by atoms with van der Waals surface area (Å²) < 4.78 is 5.33. The maximum absolute atomic E-state index is 10.3. The maximum atomic E-state index is 10.3. The normalized spacial score (nSPS) is 13.5. The molecule has 4 heteroatoms. The Balaban J connectivity index is 2.36. The number of para-hydroxylation sites is 1. The first-order valence-electron chi connectivity index (χ1n) is 4.13. The lowest BCUT2D eigenvalue weighted by Crippen LogP contribution is -2.00. The van der Waals surface area contributed by atoms with E-state index < -0.39 is 0 Å². The standard InChI is InChI=1S/C9H9NO3/c11-10(12)6-8-3-1-2-7-4-5-13-9(7)8/h1-3H,4-6H2. The quantitative estimate of drug-likeness (QED) is 0.509. The molecule has 68 valence electrons. The van der Waals surface area contributed by atoms with E-state index in [-0.39, 0.29) is 11.5 Å². The molecule has 0 saturated heterocycles. The number of nitro groups is 1. The first-order valence-corrected chi connectivity index (χ1v) is 4.13. The van der Waals surface area contributed by atoms with Crippen LogP contribution in [0.5, 0.6) is 5.75 Å². The zero-order chi connectivity index (χ0) is 9.26. The van der Waals surface area contributed by atoms with Crippen molar-refractivity contribution in [3.8, 4) is 5.75 Å². The highest BCUT2D eigenvalue weighted by Gasteiger charge is 2.18. The number of nitrogens with zero attached hydrogens (tertiary/aromatic N) is 1. The van der Waals surface area contributed by atoms with Crippen LogP contribution in [0.3, 0.4) is 0 Å². The highest BCUT2D eigenvalue weighted by molar-refractivity contribution is 5.43. The highest BCUT2D eigenvalue weighted by atomic mass is 16.6. The van der Waals surface area contributed by atoms with Gasteiger partial charge in [-0.25, -0.2) is 0 Å². The van der Waals surface area contributed by atoms with Gasteiger partial charge >= 0.3 is 0 Å². The van der Waals surface area contributed by atoms with Gasteiger partial charge in [0.1, 0.15) is 5.75 Å². The molecule has 0 saturated carbocycles. The summed E-state index contributed by atoms with van der Waals surface area (Å²) in [6, 6.07) is 5.53. The molecule has 1 aliphatic rings. The highest BCUT2D eigenvalue weighted by Crippen LogP contribution is 2.29. The summed E-state index contributed by atoms with van der Waals surface area (Å²) >= 11 is 0. The molecule has 0 spiro atoms. The Bertz CT molecular complexity index is 349. The second-order valence-corrected chi connectivity index (χ2v) is 2.99. The van der Waals surface area contributed by atoms with Gasteiger partial charge < -0.3 is 4.74 Å². The molecule has 13 heavy (non-hydrogen) atoms. The topological polar surface area (TPSA) is 52.4 Å². The van der Waals surface area contributed by atoms with Crippen LogP contribution in [0.2, 0.25) is 0 Å². The van der Waals surface area contributed by atoms with Crippen molar-refractivity contribution in [1.82, 2.24) is 0 Å². The molecule has 2 rings (SSSR count). The lowest BCUT2D eigenvalue weighted by molar-refractivity contribution is -0.496. The van der Waals surface area contributed by atoms with Crippen molar-refractivity contribution in [2.45, 2.75) is 13.0 Å².